The number of unbranched alkanes of at least 4 members (excludes halogenated alkanes) is 1. The number of amides is 2. The molecule has 1 N–H and O–H groups in total. The highest BCUT2D eigenvalue weighted by molar-refractivity contribution is 7.92. The van der Waals surface area contributed by atoms with E-state index in [0.717, 1.165) is 24.7 Å². The van der Waals surface area contributed by atoms with E-state index in [1.807, 2.05) is 19.1 Å². The summed E-state index contributed by atoms with van der Waals surface area (Å²) >= 11 is 6.00. The second-order valence-electron chi connectivity index (χ2n) is 8.94. The van der Waals surface area contributed by atoms with Crippen molar-refractivity contribution in [3.8, 4) is 11.5 Å². The van der Waals surface area contributed by atoms with E-state index < -0.39 is 16.1 Å². The molecule has 0 bridgehead atoms. The van der Waals surface area contributed by atoms with Crippen molar-refractivity contribution in [2.75, 3.05) is 30.4 Å². The van der Waals surface area contributed by atoms with Crippen LogP contribution in [0.25, 0.3) is 0 Å². The standard InChI is InChI=1S/C26H34ClN3O6S/c1-4-5-14-28-26(32)19(2)29(17-20-8-10-21(27)11-9-20)25(31)7-6-15-30(37(3,33)34)22-12-13-23-24(16-22)36-18-35-23/h8-13,16,19H,4-7,14-15,17-18H2,1-3H3,(H,28,32)/t19-/m0/s1. The molecule has 202 valence electrons. The molecule has 0 aromatic heterocycles. The first-order valence-electron chi connectivity index (χ1n) is 12.3. The summed E-state index contributed by atoms with van der Waals surface area (Å²) in [5, 5.41) is 3.47. The van der Waals surface area contributed by atoms with Gasteiger partial charge in [0, 0.05) is 37.1 Å². The second kappa shape index (κ2) is 13.0. The molecule has 0 saturated heterocycles. The van der Waals surface area contributed by atoms with Crippen molar-refractivity contribution in [1.29, 1.82) is 0 Å². The zero-order chi connectivity index (χ0) is 27.0. The minimum atomic E-state index is -3.61. The Morgan fingerprint density at radius 3 is 2.46 bits per heavy atom. The van der Waals surface area contributed by atoms with Crippen LogP contribution in [0.1, 0.15) is 45.1 Å². The van der Waals surface area contributed by atoms with Crippen LogP contribution in [-0.2, 0) is 26.2 Å². The van der Waals surface area contributed by atoms with E-state index in [0.29, 0.717) is 28.8 Å². The minimum absolute atomic E-state index is 0.0662. The van der Waals surface area contributed by atoms with Crippen LogP contribution >= 0.6 is 11.6 Å². The summed E-state index contributed by atoms with van der Waals surface area (Å²) in [6.45, 7) is 4.69. The molecule has 1 heterocycles. The van der Waals surface area contributed by atoms with Crippen molar-refractivity contribution in [1.82, 2.24) is 10.2 Å². The predicted molar refractivity (Wildman–Crippen MR) is 143 cm³/mol. The molecule has 37 heavy (non-hydrogen) atoms. The van der Waals surface area contributed by atoms with Crippen molar-refractivity contribution < 1.29 is 27.5 Å². The first-order chi connectivity index (χ1) is 17.6. The fourth-order valence-electron chi connectivity index (χ4n) is 3.95. The highest BCUT2D eigenvalue weighted by Crippen LogP contribution is 2.36. The van der Waals surface area contributed by atoms with Crippen LogP contribution in [0, 0.1) is 0 Å². The molecule has 2 aromatic carbocycles. The molecule has 1 aliphatic heterocycles. The van der Waals surface area contributed by atoms with Crippen molar-refractivity contribution in [3.63, 3.8) is 0 Å². The van der Waals surface area contributed by atoms with Crippen LogP contribution in [0.5, 0.6) is 11.5 Å². The number of hydrogen-bond donors (Lipinski definition) is 1. The number of carbonyl (C=O) groups excluding carboxylic acids is 2. The molecule has 0 aliphatic carbocycles. The first kappa shape index (κ1) is 28.6. The molecule has 0 unspecified atom stereocenters. The van der Waals surface area contributed by atoms with Crippen LogP contribution in [0.2, 0.25) is 5.02 Å². The maximum absolute atomic E-state index is 13.3. The number of sulfonamides is 1. The number of halogens is 1. The molecule has 0 spiro atoms. The largest absolute Gasteiger partial charge is 0.454 e. The molecule has 0 fully saturated rings. The molecular formula is C26H34ClN3O6S. The summed E-state index contributed by atoms with van der Waals surface area (Å²) in [7, 11) is -3.61. The Morgan fingerprint density at radius 2 is 1.78 bits per heavy atom. The highest BCUT2D eigenvalue weighted by atomic mass is 35.5. The predicted octanol–water partition coefficient (Wildman–Crippen LogP) is 3.95. The van der Waals surface area contributed by atoms with Gasteiger partial charge in [0.15, 0.2) is 11.5 Å². The first-order valence-corrected chi connectivity index (χ1v) is 14.5. The fraction of sp³-hybridized carbons (Fsp3) is 0.462. The summed E-state index contributed by atoms with van der Waals surface area (Å²) in [5.41, 5.74) is 1.27. The number of nitrogens with one attached hydrogen (secondary N) is 1. The van der Waals surface area contributed by atoms with Crippen molar-refractivity contribution in [3.05, 3.63) is 53.1 Å². The van der Waals surface area contributed by atoms with Gasteiger partial charge in [-0.2, -0.15) is 0 Å². The lowest BCUT2D eigenvalue weighted by atomic mass is 10.1. The number of carbonyl (C=O) groups is 2. The summed E-state index contributed by atoms with van der Waals surface area (Å²) in [6, 6.07) is 11.3. The number of fused-ring (bicyclic) bond motifs is 1. The molecule has 11 heteroatoms. The van der Waals surface area contributed by atoms with Gasteiger partial charge in [-0.25, -0.2) is 8.42 Å². The normalized spacial score (nSPS) is 13.2. The van der Waals surface area contributed by atoms with Gasteiger partial charge in [0.05, 0.1) is 11.9 Å². The minimum Gasteiger partial charge on any atom is -0.454 e. The third-order valence-electron chi connectivity index (χ3n) is 6.06. The lowest BCUT2D eigenvalue weighted by Gasteiger charge is -2.29. The molecule has 3 rings (SSSR count). The molecule has 2 amide bonds. The van der Waals surface area contributed by atoms with Crippen molar-refractivity contribution in [2.45, 2.75) is 52.1 Å². The zero-order valence-electron chi connectivity index (χ0n) is 21.4. The Morgan fingerprint density at radius 1 is 1.08 bits per heavy atom. The quantitative estimate of drug-likeness (QED) is 0.378. The topological polar surface area (TPSA) is 105 Å². The zero-order valence-corrected chi connectivity index (χ0v) is 23.0. The molecular weight excluding hydrogens is 518 g/mol. The van der Waals surface area contributed by atoms with Crippen LogP contribution in [0.3, 0.4) is 0 Å². The van der Waals surface area contributed by atoms with Crippen LogP contribution in [0.15, 0.2) is 42.5 Å². The van der Waals surface area contributed by atoms with E-state index in [2.05, 4.69) is 5.32 Å². The third-order valence-corrected chi connectivity index (χ3v) is 7.51. The summed E-state index contributed by atoms with van der Waals surface area (Å²) in [4.78, 5) is 27.6. The van der Waals surface area contributed by atoms with Crippen molar-refractivity contribution >= 4 is 39.1 Å². The number of anilines is 1. The number of ether oxygens (including phenoxy) is 2. The van der Waals surface area contributed by atoms with E-state index in [1.165, 1.54) is 9.21 Å². The van der Waals surface area contributed by atoms with Crippen molar-refractivity contribution in [2.24, 2.45) is 0 Å². The average Bonchev–Trinajstić information content (AvgIpc) is 3.33. The Hall–Kier alpha value is -2.98. The molecule has 0 saturated carbocycles. The Kier molecular flexibility index (Phi) is 10.0. The van der Waals surface area contributed by atoms with Gasteiger partial charge in [-0.15, -0.1) is 0 Å². The van der Waals surface area contributed by atoms with E-state index in [4.69, 9.17) is 21.1 Å². The van der Waals surface area contributed by atoms with Gasteiger partial charge in [-0.3, -0.25) is 13.9 Å². The summed E-state index contributed by atoms with van der Waals surface area (Å²) in [5.74, 6) is 0.553. The Balaban J connectivity index is 1.70. The number of hydrogen-bond acceptors (Lipinski definition) is 6. The molecule has 9 nitrogen and oxygen atoms in total. The van der Waals surface area contributed by atoms with Gasteiger partial charge >= 0.3 is 0 Å². The van der Waals surface area contributed by atoms with Gasteiger partial charge in [0.2, 0.25) is 28.6 Å². The van der Waals surface area contributed by atoms with Gasteiger partial charge in [-0.05, 0) is 49.6 Å². The van der Waals surface area contributed by atoms with E-state index in [1.54, 1.807) is 37.3 Å². The fourth-order valence-corrected chi connectivity index (χ4v) is 5.03. The van der Waals surface area contributed by atoms with E-state index >= 15 is 0 Å². The molecule has 0 radical (unpaired) electrons. The molecule has 2 aromatic rings. The second-order valence-corrected chi connectivity index (χ2v) is 11.3. The average molecular weight is 552 g/mol. The highest BCUT2D eigenvalue weighted by Gasteiger charge is 2.27. The molecule has 1 aliphatic rings. The summed E-state index contributed by atoms with van der Waals surface area (Å²) in [6.07, 6.45) is 3.25. The van der Waals surface area contributed by atoms with E-state index in [-0.39, 0.29) is 44.5 Å². The summed E-state index contributed by atoms with van der Waals surface area (Å²) < 4.78 is 37.0. The van der Waals surface area contributed by atoms with Crippen LogP contribution in [0.4, 0.5) is 5.69 Å². The maximum Gasteiger partial charge on any atom is 0.242 e. The lowest BCUT2D eigenvalue weighted by molar-refractivity contribution is -0.140. The lowest BCUT2D eigenvalue weighted by Crippen LogP contribution is -2.47. The smallest absolute Gasteiger partial charge is 0.242 e. The number of benzene rings is 2. The van der Waals surface area contributed by atoms with Gasteiger partial charge < -0.3 is 19.7 Å². The Bertz CT molecular complexity index is 1190. The monoisotopic (exact) mass is 551 g/mol. The van der Waals surface area contributed by atoms with Crippen LogP contribution in [-0.4, -0.2) is 57.3 Å². The number of nitrogens with zero attached hydrogens (tertiary/aromatic N) is 2. The SMILES string of the molecule is CCCCNC(=O)[C@H](C)N(Cc1ccc(Cl)cc1)C(=O)CCCN(c1ccc2c(c1)OCO2)S(C)(=O)=O. The Labute approximate surface area is 223 Å². The van der Waals surface area contributed by atoms with Gasteiger partial charge in [0.25, 0.3) is 0 Å². The number of rotatable bonds is 13. The van der Waals surface area contributed by atoms with Gasteiger partial charge in [0.1, 0.15) is 6.04 Å². The van der Waals surface area contributed by atoms with E-state index in [9.17, 15) is 18.0 Å². The van der Waals surface area contributed by atoms with Gasteiger partial charge in [-0.1, -0.05) is 37.1 Å². The molecule has 1 atom stereocenters. The third kappa shape index (κ3) is 8.00. The maximum atomic E-state index is 13.3. The van der Waals surface area contributed by atoms with Crippen LogP contribution < -0.4 is 19.1 Å².